The lowest BCUT2D eigenvalue weighted by molar-refractivity contribution is -0.140. The van der Waals surface area contributed by atoms with Gasteiger partial charge in [-0.2, -0.15) is 0 Å². The van der Waals surface area contributed by atoms with Crippen LogP contribution in [0.4, 0.5) is 4.79 Å². The molecule has 3 aliphatic heterocycles. The van der Waals surface area contributed by atoms with Crippen LogP contribution in [-0.2, 0) is 14.9 Å². The number of carbonyl (C=O) groups is 2. The number of carbonyl (C=O) groups excluding carboxylic acids is 2. The molecule has 5 rings (SSSR count). The molecule has 0 spiro atoms. The monoisotopic (exact) mass is 507 g/mol. The molecule has 2 aromatic rings. The Balaban J connectivity index is 1.41. The Hall–Kier alpha value is -2.84. The average Bonchev–Trinajstić information content (AvgIpc) is 3.21. The molecule has 1 N–H and O–H groups in total. The van der Waals surface area contributed by atoms with Crippen molar-refractivity contribution in [3.8, 4) is 0 Å². The van der Waals surface area contributed by atoms with Gasteiger partial charge in [0.1, 0.15) is 0 Å². The van der Waals surface area contributed by atoms with Crippen LogP contribution in [0.25, 0.3) is 16.5 Å². The van der Waals surface area contributed by atoms with E-state index in [-0.39, 0.29) is 17.6 Å². The van der Waals surface area contributed by atoms with E-state index in [1.54, 1.807) is 11.1 Å². The fourth-order valence-corrected chi connectivity index (χ4v) is 6.16. The van der Waals surface area contributed by atoms with Crippen molar-refractivity contribution in [2.75, 3.05) is 52.9 Å². The highest BCUT2D eigenvalue weighted by Crippen LogP contribution is 2.40. The summed E-state index contributed by atoms with van der Waals surface area (Å²) in [4.78, 5) is 39.3. The molecule has 0 bridgehead atoms. The minimum atomic E-state index is -0.410. The summed E-state index contributed by atoms with van der Waals surface area (Å²) in [6.45, 7) is 14.4. The van der Waals surface area contributed by atoms with Gasteiger partial charge in [0.15, 0.2) is 0 Å². The number of hydrogen-bond donors (Lipinski definition) is 1. The number of ether oxygens (including phenoxy) is 1. The Labute approximate surface area is 220 Å². The van der Waals surface area contributed by atoms with Crippen molar-refractivity contribution in [3.05, 3.63) is 41.7 Å². The molecule has 0 atom stereocenters. The van der Waals surface area contributed by atoms with Gasteiger partial charge >= 0.3 is 12.0 Å². The van der Waals surface area contributed by atoms with Crippen LogP contribution < -0.4 is 0 Å². The summed E-state index contributed by atoms with van der Waals surface area (Å²) in [6, 6.07) is 8.62. The smallest absolute Gasteiger partial charge is 0.342 e. The average molecular weight is 508 g/mol. The summed E-state index contributed by atoms with van der Waals surface area (Å²) in [5, 5.41) is 1.08. The fourth-order valence-electron chi connectivity index (χ4n) is 6.16. The summed E-state index contributed by atoms with van der Waals surface area (Å²) in [5.41, 5.74) is 2.82. The summed E-state index contributed by atoms with van der Waals surface area (Å²) >= 11 is 0. The van der Waals surface area contributed by atoms with Gasteiger partial charge in [0.05, 0.1) is 17.4 Å². The largest absolute Gasteiger partial charge is 0.459 e. The summed E-state index contributed by atoms with van der Waals surface area (Å²) < 4.78 is 5.64. The molecular formula is C29H41N5O3. The van der Waals surface area contributed by atoms with Crippen molar-refractivity contribution in [1.82, 2.24) is 24.6 Å². The lowest BCUT2D eigenvalue weighted by Crippen LogP contribution is -2.54. The number of nitrogens with one attached hydrogen (secondary N) is 1. The van der Waals surface area contributed by atoms with Gasteiger partial charge in [-0.15, -0.1) is 0 Å². The van der Waals surface area contributed by atoms with Gasteiger partial charge in [0.25, 0.3) is 0 Å². The van der Waals surface area contributed by atoms with E-state index in [0.717, 1.165) is 74.3 Å². The first-order valence-electron chi connectivity index (χ1n) is 13.7. The van der Waals surface area contributed by atoms with E-state index >= 15 is 0 Å². The van der Waals surface area contributed by atoms with Gasteiger partial charge in [0, 0.05) is 74.4 Å². The highest BCUT2D eigenvalue weighted by molar-refractivity contribution is 6.18. The Bertz CT molecular complexity index is 1180. The maximum absolute atomic E-state index is 13.9. The number of benzene rings is 1. The van der Waals surface area contributed by atoms with E-state index in [9.17, 15) is 9.59 Å². The number of amides is 2. The predicted octanol–water partition coefficient (Wildman–Crippen LogP) is 3.89. The Morgan fingerprint density at radius 3 is 2.38 bits per heavy atom. The summed E-state index contributed by atoms with van der Waals surface area (Å²) in [6.07, 6.45) is 3.45. The zero-order valence-electron chi connectivity index (χ0n) is 22.9. The van der Waals surface area contributed by atoms with E-state index in [1.807, 2.05) is 36.9 Å². The molecule has 2 fully saturated rings. The van der Waals surface area contributed by atoms with Crippen molar-refractivity contribution in [2.24, 2.45) is 0 Å². The Morgan fingerprint density at radius 1 is 1.03 bits per heavy atom. The van der Waals surface area contributed by atoms with Gasteiger partial charge in [-0.3, -0.25) is 9.80 Å². The number of likely N-dealkylation sites (N-methyl/N-ethyl adjacent to an activating group) is 1. The molecule has 0 saturated carbocycles. The number of urea groups is 1. The van der Waals surface area contributed by atoms with Gasteiger partial charge in [-0.25, -0.2) is 9.59 Å². The number of H-pyrrole nitrogens is 1. The molecule has 0 radical (unpaired) electrons. The molecule has 2 amide bonds. The number of aromatic nitrogens is 1. The molecule has 0 aliphatic carbocycles. The van der Waals surface area contributed by atoms with Crippen molar-refractivity contribution in [3.63, 3.8) is 0 Å². The first kappa shape index (κ1) is 25.8. The van der Waals surface area contributed by atoms with Crippen molar-refractivity contribution < 1.29 is 14.3 Å². The molecule has 8 heteroatoms. The number of piperazine rings is 1. The molecule has 2 saturated heterocycles. The molecule has 1 aromatic carbocycles. The highest BCUT2D eigenvalue weighted by Gasteiger charge is 2.39. The quantitative estimate of drug-likeness (QED) is 0.639. The number of piperidine rings is 1. The predicted molar refractivity (Wildman–Crippen MR) is 146 cm³/mol. The number of aromatic amines is 1. The molecular weight excluding hydrogens is 466 g/mol. The first-order valence-corrected chi connectivity index (χ1v) is 13.7. The van der Waals surface area contributed by atoms with E-state index in [0.29, 0.717) is 18.2 Å². The number of hydrogen-bond acceptors (Lipinski definition) is 5. The van der Waals surface area contributed by atoms with Crippen LogP contribution in [0.15, 0.2) is 30.5 Å². The lowest BCUT2D eigenvalue weighted by Gasteiger charge is -2.43. The standard InChI is InChI=1S/C29H41N5O3/c1-20(2)37-27(35)23-18-34(19-29(3,4)25-22-8-6-7-9-24(22)30-26(23)25)28(36)33-12-10-21(11-13-33)32-16-14-31(5)15-17-32/h6-9,18,20-21,30H,10-17,19H2,1-5H3. The van der Waals surface area contributed by atoms with Gasteiger partial charge < -0.3 is 19.5 Å². The minimum Gasteiger partial charge on any atom is -0.459 e. The molecule has 4 heterocycles. The second kappa shape index (κ2) is 10.1. The number of nitrogens with zero attached hydrogens (tertiary/aromatic N) is 4. The van der Waals surface area contributed by atoms with Crippen LogP contribution in [0.2, 0.25) is 0 Å². The van der Waals surface area contributed by atoms with E-state index in [4.69, 9.17) is 4.74 Å². The first-order chi connectivity index (χ1) is 17.6. The third-order valence-corrected chi connectivity index (χ3v) is 8.10. The zero-order valence-corrected chi connectivity index (χ0v) is 22.9. The second-order valence-electron chi connectivity index (χ2n) is 11.8. The van der Waals surface area contributed by atoms with Crippen LogP contribution >= 0.6 is 0 Å². The van der Waals surface area contributed by atoms with Crippen molar-refractivity contribution in [1.29, 1.82) is 0 Å². The van der Waals surface area contributed by atoms with E-state index in [2.05, 4.69) is 41.7 Å². The highest BCUT2D eigenvalue weighted by atomic mass is 16.5. The second-order valence-corrected chi connectivity index (χ2v) is 11.8. The molecule has 0 unspecified atom stereocenters. The number of esters is 1. The maximum atomic E-state index is 13.9. The molecule has 1 aromatic heterocycles. The van der Waals surface area contributed by atoms with Gasteiger partial charge in [-0.1, -0.05) is 32.0 Å². The molecule has 3 aliphatic rings. The van der Waals surface area contributed by atoms with Crippen LogP contribution in [0.1, 0.15) is 51.8 Å². The molecule has 200 valence electrons. The Morgan fingerprint density at radius 2 is 1.70 bits per heavy atom. The molecule has 37 heavy (non-hydrogen) atoms. The minimum absolute atomic E-state index is 0.0331. The van der Waals surface area contributed by atoms with Crippen LogP contribution in [0.3, 0.4) is 0 Å². The normalized spacial score (nSPS) is 21.6. The number of fused-ring (bicyclic) bond motifs is 3. The number of para-hydroxylation sites is 1. The van der Waals surface area contributed by atoms with Gasteiger partial charge in [-0.05, 0) is 45.4 Å². The zero-order chi connectivity index (χ0) is 26.3. The maximum Gasteiger partial charge on any atom is 0.342 e. The van der Waals surface area contributed by atoms with Crippen LogP contribution in [0, 0.1) is 0 Å². The van der Waals surface area contributed by atoms with Gasteiger partial charge in [0.2, 0.25) is 0 Å². The van der Waals surface area contributed by atoms with Crippen LogP contribution in [-0.4, -0.2) is 102 Å². The SMILES string of the molecule is CC(C)OC(=O)C1=CN(C(=O)N2CCC(N3CCN(C)CC3)CC2)CC(C)(C)c2c1[nH]c1ccccc21. The summed E-state index contributed by atoms with van der Waals surface area (Å²) in [5.74, 6) is -0.410. The number of rotatable bonds is 3. The summed E-state index contributed by atoms with van der Waals surface area (Å²) in [7, 11) is 2.18. The fraction of sp³-hybridized carbons (Fsp3) is 0.586. The van der Waals surface area contributed by atoms with Crippen LogP contribution in [0.5, 0.6) is 0 Å². The number of likely N-dealkylation sites (tertiary alicyclic amines) is 1. The third-order valence-electron chi connectivity index (χ3n) is 8.10. The van der Waals surface area contributed by atoms with E-state index < -0.39 is 5.97 Å². The van der Waals surface area contributed by atoms with Crippen molar-refractivity contribution in [2.45, 2.75) is 58.1 Å². The lowest BCUT2D eigenvalue weighted by atomic mass is 9.82. The molecule has 8 nitrogen and oxygen atoms in total. The third kappa shape index (κ3) is 5.14. The van der Waals surface area contributed by atoms with Crippen molar-refractivity contribution >= 4 is 28.5 Å². The topological polar surface area (TPSA) is 72.1 Å². The Kier molecular flexibility index (Phi) is 7.07. The van der Waals surface area contributed by atoms with E-state index in [1.165, 1.54) is 0 Å².